The first-order chi connectivity index (χ1) is 11.6. The fraction of sp³-hybridized carbons (Fsp3) is 0.556. The van der Waals surface area contributed by atoms with Gasteiger partial charge in [0.05, 0.1) is 6.54 Å². The summed E-state index contributed by atoms with van der Waals surface area (Å²) in [6.07, 6.45) is 5.28. The molecule has 1 amide bonds. The highest BCUT2D eigenvalue weighted by Gasteiger charge is 2.15. The summed E-state index contributed by atoms with van der Waals surface area (Å²) in [5, 5.41) is 10.2. The predicted octanol–water partition coefficient (Wildman–Crippen LogP) is 3.47. The van der Waals surface area contributed by atoms with Crippen LogP contribution in [0.4, 0.5) is 5.69 Å². The van der Waals surface area contributed by atoms with Crippen LogP contribution in [0.3, 0.4) is 0 Å². The van der Waals surface area contributed by atoms with Crippen LogP contribution in [0.5, 0.6) is 0 Å². The molecule has 0 saturated heterocycles. The summed E-state index contributed by atoms with van der Waals surface area (Å²) in [5.74, 6) is 0.747. The number of guanidine groups is 1. The smallest absolute Gasteiger partial charge is 0.226 e. The predicted molar refractivity (Wildman–Crippen MR) is 101 cm³/mol. The van der Waals surface area contributed by atoms with Crippen molar-refractivity contribution in [3.63, 3.8) is 0 Å². The molecular weight excluding hydrogens is 324 g/mol. The molecule has 1 fully saturated rings. The highest BCUT2D eigenvalue weighted by atomic mass is 35.5. The normalized spacial score (nSPS) is 15.4. The Balaban J connectivity index is 1.83. The Morgan fingerprint density at radius 2 is 2.08 bits per heavy atom. The average molecular weight is 351 g/mol. The topological polar surface area (TPSA) is 65.5 Å². The van der Waals surface area contributed by atoms with E-state index in [1.165, 1.54) is 25.7 Å². The van der Waals surface area contributed by atoms with E-state index in [-0.39, 0.29) is 5.91 Å². The van der Waals surface area contributed by atoms with Gasteiger partial charge in [-0.15, -0.1) is 0 Å². The van der Waals surface area contributed by atoms with E-state index < -0.39 is 0 Å². The zero-order chi connectivity index (χ0) is 17.4. The lowest BCUT2D eigenvalue weighted by Crippen LogP contribution is -2.42. The van der Waals surface area contributed by atoms with E-state index in [1.54, 1.807) is 0 Å². The summed E-state index contributed by atoms with van der Waals surface area (Å²) < 4.78 is 0. The summed E-state index contributed by atoms with van der Waals surface area (Å²) in [5.41, 5.74) is 1.64. The molecule has 1 aromatic rings. The van der Waals surface area contributed by atoms with Crippen LogP contribution in [-0.4, -0.2) is 31.0 Å². The minimum atomic E-state index is -0.0548. The molecule has 0 aromatic heterocycles. The Morgan fingerprint density at radius 3 is 2.79 bits per heavy atom. The van der Waals surface area contributed by atoms with Crippen LogP contribution in [0.2, 0.25) is 5.02 Å². The molecule has 0 aliphatic heterocycles. The molecule has 0 bridgehead atoms. The molecular formula is C18H27ClN4O. The van der Waals surface area contributed by atoms with E-state index in [0.717, 1.165) is 23.8 Å². The third-order valence-electron chi connectivity index (χ3n) is 4.19. The molecule has 0 heterocycles. The van der Waals surface area contributed by atoms with Gasteiger partial charge in [0.25, 0.3) is 0 Å². The summed E-state index contributed by atoms with van der Waals surface area (Å²) in [6.45, 7) is 5.20. The zero-order valence-electron chi connectivity index (χ0n) is 14.5. The Hall–Kier alpha value is -1.75. The van der Waals surface area contributed by atoms with Crippen LogP contribution in [-0.2, 0) is 4.79 Å². The van der Waals surface area contributed by atoms with Gasteiger partial charge in [-0.05, 0) is 44.4 Å². The van der Waals surface area contributed by atoms with Crippen molar-refractivity contribution in [2.24, 2.45) is 4.99 Å². The van der Waals surface area contributed by atoms with Crippen molar-refractivity contribution >= 4 is 29.2 Å². The third kappa shape index (κ3) is 5.71. The maximum atomic E-state index is 12.1. The maximum Gasteiger partial charge on any atom is 0.226 e. The number of carbonyl (C=O) groups is 1. The molecule has 1 aliphatic rings. The van der Waals surface area contributed by atoms with Crippen LogP contribution >= 0.6 is 11.6 Å². The van der Waals surface area contributed by atoms with Crippen LogP contribution in [0.25, 0.3) is 0 Å². The number of benzene rings is 1. The standard InChI is InChI=1S/C18H27ClN4O/c1-3-20-18(22-14-7-4-5-8-14)21-12-11-17(24)23-16-10-6-9-15(19)13(16)2/h6,9-10,14H,3-5,7-8,11-12H2,1-2H3,(H,23,24)(H2,20,21,22). The largest absolute Gasteiger partial charge is 0.357 e. The second-order valence-corrected chi connectivity index (χ2v) is 6.50. The Morgan fingerprint density at radius 1 is 1.33 bits per heavy atom. The van der Waals surface area contributed by atoms with Gasteiger partial charge in [-0.2, -0.15) is 0 Å². The van der Waals surface area contributed by atoms with Crippen LogP contribution in [0.15, 0.2) is 23.2 Å². The second kappa shape index (κ2) is 9.52. The van der Waals surface area contributed by atoms with E-state index in [1.807, 2.05) is 32.0 Å². The Bertz CT molecular complexity index is 582. The first kappa shape index (κ1) is 18.6. The first-order valence-electron chi connectivity index (χ1n) is 8.70. The molecule has 0 atom stereocenters. The summed E-state index contributed by atoms with van der Waals surface area (Å²) in [4.78, 5) is 16.6. The van der Waals surface area contributed by atoms with Gasteiger partial charge < -0.3 is 16.0 Å². The van der Waals surface area contributed by atoms with Crippen LogP contribution in [0, 0.1) is 6.92 Å². The average Bonchev–Trinajstić information content (AvgIpc) is 3.05. The molecule has 6 heteroatoms. The summed E-state index contributed by atoms with van der Waals surface area (Å²) >= 11 is 6.07. The number of halogens is 1. The molecule has 1 aliphatic carbocycles. The molecule has 0 unspecified atom stereocenters. The van der Waals surface area contributed by atoms with Gasteiger partial charge in [0.2, 0.25) is 5.91 Å². The van der Waals surface area contributed by atoms with Gasteiger partial charge in [0.15, 0.2) is 5.96 Å². The van der Waals surface area contributed by atoms with Crippen molar-refractivity contribution in [1.29, 1.82) is 0 Å². The fourth-order valence-corrected chi connectivity index (χ4v) is 2.98. The van der Waals surface area contributed by atoms with Gasteiger partial charge in [-0.3, -0.25) is 9.79 Å². The highest BCUT2D eigenvalue weighted by molar-refractivity contribution is 6.31. The Labute approximate surface area is 149 Å². The molecule has 0 radical (unpaired) electrons. The monoisotopic (exact) mass is 350 g/mol. The van der Waals surface area contributed by atoms with Crippen molar-refractivity contribution in [3.8, 4) is 0 Å². The zero-order valence-corrected chi connectivity index (χ0v) is 15.2. The SMILES string of the molecule is CCNC(=NCCC(=O)Nc1cccc(Cl)c1C)NC1CCCC1. The molecule has 0 spiro atoms. The first-order valence-corrected chi connectivity index (χ1v) is 9.07. The van der Waals surface area contributed by atoms with E-state index in [2.05, 4.69) is 20.9 Å². The van der Waals surface area contributed by atoms with Gasteiger partial charge in [0, 0.05) is 29.7 Å². The van der Waals surface area contributed by atoms with Crippen LogP contribution in [0.1, 0.15) is 44.6 Å². The number of aliphatic imine (C=N–C) groups is 1. The second-order valence-electron chi connectivity index (χ2n) is 6.10. The lowest BCUT2D eigenvalue weighted by molar-refractivity contribution is -0.116. The molecule has 2 rings (SSSR count). The number of rotatable bonds is 6. The van der Waals surface area contributed by atoms with Crippen molar-refractivity contribution < 1.29 is 4.79 Å². The molecule has 24 heavy (non-hydrogen) atoms. The minimum absolute atomic E-state index is 0.0548. The van der Waals surface area contributed by atoms with Crippen LogP contribution < -0.4 is 16.0 Å². The van der Waals surface area contributed by atoms with Crippen molar-refractivity contribution in [2.75, 3.05) is 18.4 Å². The van der Waals surface area contributed by atoms with Gasteiger partial charge in [-0.25, -0.2) is 0 Å². The number of nitrogens with zero attached hydrogens (tertiary/aromatic N) is 1. The van der Waals surface area contributed by atoms with E-state index >= 15 is 0 Å². The molecule has 3 N–H and O–H groups in total. The number of carbonyl (C=O) groups excluding carboxylic acids is 1. The van der Waals surface area contributed by atoms with Gasteiger partial charge in [-0.1, -0.05) is 30.5 Å². The number of hydrogen-bond acceptors (Lipinski definition) is 2. The summed E-state index contributed by atoms with van der Waals surface area (Å²) in [7, 11) is 0. The minimum Gasteiger partial charge on any atom is -0.357 e. The number of nitrogens with one attached hydrogen (secondary N) is 3. The van der Waals surface area contributed by atoms with Crippen molar-refractivity contribution in [2.45, 2.75) is 52.0 Å². The van der Waals surface area contributed by atoms with Crippen molar-refractivity contribution in [3.05, 3.63) is 28.8 Å². The van der Waals surface area contributed by atoms with E-state index in [0.29, 0.717) is 24.0 Å². The third-order valence-corrected chi connectivity index (χ3v) is 4.60. The van der Waals surface area contributed by atoms with Gasteiger partial charge >= 0.3 is 0 Å². The summed E-state index contributed by atoms with van der Waals surface area (Å²) in [6, 6.07) is 6.01. The quantitative estimate of drug-likeness (QED) is 0.543. The molecule has 1 aromatic carbocycles. The maximum absolute atomic E-state index is 12.1. The lowest BCUT2D eigenvalue weighted by Gasteiger charge is -2.16. The van der Waals surface area contributed by atoms with Gasteiger partial charge in [0.1, 0.15) is 0 Å². The van der Waals surface area contributed by atoms with E-state index in [9.17, 15) is 4.79 Å². The highest BCUT2D eigenvalue weighted by Crippen LogP contribution is 2.23. The molecule has 5 nitrogen and oxygen atoms in total. The molecule has 132 valence electrons. The number of amides is 1. The fourth-order valence-electron chi connectivity index (χ4n) is 2.81. The van der Waals surface area contributed by atoms with Crippen molar-refractivity contribution in [1.82, 2.24) is 10.6 Å². The number of hydrogen-bond donors (Lipinski definition) is 3. The lowest BCUT2D eigenvalue weighted by atomic mass is 10.2. The Kier molecular flexibility index (Phi) is 7.37. The number of anilines is 1. The van der Waals surface area contributed by atoms with E-state index in [4.69, 9.17) is 11.6 Å². The molecule has 1 saturated carbocycles.